The van der Waals surface area contributed by atoms with Crippen molar-refractivity contribution in [3.05, 3.63) is 41.5 Å². The molecule has 40 heavy (non-hydrogen) atoms. The Hall–Kier alpha value is -3.90. The molecule has 1 aliphatic rings. The summed E-state index contributed by atoms with van der Waals surface area (Å²) in [6.45, 7) is 10.2. The predicted octanol–water partition coefficient (Wildman–Crippen LogP) is 5.25. The summed E-state index contributed by atoms with van der Waals surface area (Å²) in [5.74, 6) is -1.32. The van der Waals surface area contributed by atoms with Crippen LogP contribution in [0.1, 0.15) is 57.0 Å². The summed E-state index contributed by atoms with van der Waals surface area (Å²) >= 11 is 0. The summed E-state index contributed by atoms with van der Waals surface area (Å²) in [4.78, 5) is 39.1. The maximum Gasteiger partial charge on any atom is 0.408 e. The molecular weight excluding hydrogens is 532 g/mol. The Morgan fingerprint density at radius 3 is 2.52 bits per heavy atom. The van der Waals surface area contributed by atoms with E-state index < -0.39 is 41.2 Å². The molecule has 0 aliphatic carbocycles. The predicted molar refractivity (Wildman–Crippen MR) is 142 cm³/mol. The molecule has 1 saturated heterocycles. The number of H-pyrrole nitrogens is 1. The smallest absolute Gasteiger partial charge is 0.408 e. The average Bonchev–Trinajstić information content (AvgIpc) is 3.44. The molecular formula is C27H32F4N6O3. The third kappa shape index (κ3) is 6.13. The highest BCUT2D eigenvalue weighted by Crippen LogP contribution is 2.38. The summed E-state index contributed by atoms with van der Waals surface area (Å²) < 4.78 is 59.8. The van der Waals surface area contributed by atoms with Crippen LogP contribution in [0.5, 0.6) is 0 Å². The summed E-state index contributed by atoms with van der Waals surface area (Å²) in [7, 11) is 0. The van der Waals surface area contributed by atoms with Crippen LogP contribution in [0.15, 0.2) is 24.5 Å². The lowest BCUT2D eigenvalue weighted by Gasteiger charge is -2.30. The number of imidazole rings is 1. The second-order valence-corrected chi connectivity index (χ2v) is 11.4. The number of aromatic amines is 1. The quantitative estimate of drug-likeness (QED) is 0.365. The van der Waals surface area contributed by atoms with Crippen LogP contribution in [-0.2, 0) is 4.74 Å². The second kappa shape index (κ2) is 10.3. The number of nitrogens with one attached hydrogen (secondary N) is 3. The van der Waals surface area contributed by atoms with Crippen LogP contribution in [0.3, 0.4) is 0 Å². The number of amides is 2. The molecule has 4 rings (SSSR count). The first-order valence-electron chi connectivity index (χ1n) is 12.7. The van der Waals surface area contributed by atoms with Crippen LogP contribution < -0.4 is 15.5 Å². The minimum Gasteiger partial charge on any atom is -0.444 e. The van der Waals surface area contributed by atoms with Crippen LogP contribution in [0, 0.1) is 12.7 Å². The minimum absolute atomic E-state index is 0.118. The third-order valence-electron chi connectivity index (χ3n) is 6.64. The van der Waals surface area contributed by atoms with Crippen molar-refractivity contribution in [2.24, 2.45) is 0 Å². The first kappa shape index (κ1) is 29.1. The maximum absolute atomic E-state index is 14.6. The normalized spacial score (nSPS) is 18.6. The first-order valence-corrected chi connectivity index (χ1v) is 12.7. The number of hydrogen-bond acceptors (Lipinski definition) is 6. The fraction of sp³-hybridized carbons (Fsp3) is 0.481. The van der Waals surface area contributed by atoms with Gasteiger partial charge < -0.3 is 25.3 Å². The van der Waals surface area contributed by atoms with Gasteiger partial charge in [-0.3, -0.25) is 9.78 Å². The van der Waals surface area contributed by atoms with Gasteiger partial charge in [-0.15, -0.1) is 0 Å². The van der Waals surface area contributed by atoms with E-state index >= 15 is 0 Å². The summed E-state index contributed by atoms with van der Waals surface area (Å²) in [5.41, 5.74) is 0.166. The number of carbonyl (C=O) groups excluding carboxylic acids is 2. The first-order chi connectivity index (χ1) is 18.5. The van der Waals surface area contributed by atoms with Gasteiger partial charge in [-0.1, -0.05) is 6.07 Å². The summed E-state index contributed by atoms with van der Waals surface area (Å²) in [5, 5.41) is 4.86. The van der Waals surface area contributed by atoms with E-state index in [0.717, 1.165) is 6.92 Å². The van der Waals surface area contributed by atoms with Crippen LogP contribution in [0.4, 0.5) is 28.0 Å². The topological polar surface area (TPSA) is 112 Å². The van der Waals surface area contributed by atoms with Gasteiger partial charge in [0.25, 0.3) is 5.91 Å². The van der Waals surface area contributed by atoms with Gasteiger partial charge in [-0.05, 0) is 59.6 Å². The highest BCUT2D eigenvalue weighted by molar-refractivity contribution is 6.03. The summed E-state index contributed by atoms with van der Waals surface area (Å²) in [6.07, 6.45) is -2.23. The zero-order valence-electron chi connectivity index (χ0n) is 23.1. The Balaban J connectivity index is 1.78. The van der Waals surface area contributed by atoms with E-state index in [9.17, 15) is 27.2 Å². The molecule has 1 fully saturated rings. The lowest BCUT2D eigenvalue weighted by atomic mass is 10.0. The molecule has 1 aliphatic heterocycles. The Morgan fingerprint density at radius 2 is 1.90 bits per heavy atom. The largest absolute Gasteiger partial charge is 0.444 e. The molecule has 2 amide bonds. The zero-order valence-corrected chi connectivity index (χ0v) is 23.1. The third-order valence-corrected chi connectivity index (χ3v) is 6.64. The molecule has 216 valence electrons. The monoisotopic (exact) mass is 564 g/mol. The molecule has 0 saturated carbocycles. The Morgan fingerprint density at radius 1 is 1.20 bits per heavy atom. The van der Waals surface area contributed by atoms with Crippen molar-refractivity contribution < 1.29 is 31.9 Å². The number of nitrogens with zero attached hydrogens (tertiary/aromatic N) is 3. The van der Waals surface area contributed by atoms with Crippen molar-refractivity contribution in [3.63, 3.8) is 0 Å². The fourth-order valence-corrected chi connectivity index (χ4v) is 4.61. The van der Waals surface area contributed by atoms with E-state index in [1.165, 1.54) is 18.5 Å². The van der Waals surface area contributed by atoms with Crippen molar-refractivity contribution in [2.75, 3.05) is 18.0 Å². The molecule has 0 bridgehead atoms. The molecule has 13 heteroatoms. The van der Waals surface area contributed by atoms with E-state index in [0.29, 0.717) is 29.6 Å². The number of anilines is 1. The van der Waals surface area contributed by atoms with Gasteiger partial charge in [0, 0.05) is 25.5 Å². The van der Waals surface area contributed by atoms with Crippen molar-refractivity contribution in [2.45, 2.75) is 71.3 Å². The number of alkyl halides is 3. The van der Waals surface area contributed by atoms with Crippen molar-refractivity contribution >= 4 is 28.7 Å². The molecule has 0 spiro atoms. The molecule has 2 atom stereocenters. The number of pyridine rings is 1. The molecule has 3 heterocycles. The van der Waals surface area contributed by atoms with Gasteiger partial charge in [0.2, 0.25) is 0 Å². The van der Waals surface area contributed by atoms with Crippen molar-refractivity contribution in [1.29, 1.82) is 0 Å². The number of alkyl carbamates (subject to hydrolysis) is 1. The van der Waals surface area contributed by atoms with Gasteiger partial charge in [0.05, 0.1) is 27.9 Å². The Kier molecular flexibility index (Phi) is 7.46. The van der Waals surface area contributed by atoms with Gasteiger partial charge >= 0.3 is 12.3 Å². The van der Waals surface area contributed by atoms with Gasteiger partial charge in [0.15, 0.2) is 0 Å². The number of fused-ring (bicyclic) bond motifs is 1. The average molecular weight is 565 g/mol. The number of ether oxygens (including phenoxy) is 1. The molecule has 3 aromatic rings. The van der Waals surface area contributed by atoms with Crippen molar-refractivity contribution in [1.82, 2.24) is 25.6 Å². The van der Waals surface area contributed by atoms with E-state index in [1.54, 1.807) is 38.7 Å². The summed E-state index contributed by atoms with van der Waals surface area (Å²) in [6, 6.07) is 0.769. The van der Waals surface area contributed by atoms with E-state index in [4.69, 9.17) is 4.74 Å². The van der Waals surface area contributed by atoms with Gasteiger partial charge in [-0.25, -0.2) is 14.2 Å². The fourth-order valence-electron chi connectivity index (χ4n) is 4.61. The zero-order chi connectivity index (χ0) is 29.6. The molecule has 2 unspecified atom stereocenters. The maximum atomic E-state index is 14.6. The second-order valence-electron chi connectivity index (χ2n) is 11.4. The molecule has 0 radical (unpaired) electrons. The number of aryl methyl sites for hydroxylation is 1. The highest BCUT2D eigenvalue weighted by Gasteiger charge is 2.41. The Labute approximate surface area is 228 Å². The number of halogens is 4. The molecule has 2 aromatic heterocycles. The number of aromatic nitrogens is 3. The van der Waals surface area contributed by atoms with E-state index in [1.807, 2.05) is 12.2 Å². The molecule has 9 nitrogen and oxygen atoms in total. The van der Waals surface area contributed by atoms with Crippen LogP contribution in [0.2, 0.25) is 0 Å². The highest BCUT2D eigenvalue weighted by atomic mass is 19.4. The lowest BCUT2D eigenvalue weighted by Crippen LogP contribution is -2.49. The SMILES string of the molecule is Cc1ccc(F)c2[nH]c(-c3cncc(C(=O)NC(C)C(F)(F)F)c3N3CCC(C)(NC(=O)OC(C)(C)C)C3)nc12. The van der Waals surface area contributed by atoms with Crippen LogP contribution in [-0.4, -0.2) is 63.4 Å². The van der Waals surface area contributed by atoms with Crippen LogP contribution in [0.25, 0.3) is 22.4 Å². The van der Waals surface area contributed by atoms with Gasteiger partial charge in [0.1, 0.15) is 28.8 Å². The van der Waals surface area contributed by atoms with Crippen LogP contribution >= 0.6 is 0 Å². The van der Waals surface area contributed by atoms with Crippen molar-refractivity contribution in [3.8, 4) is 11.4 Å². The standard InChI is InChI=1S/C27H32F4N6O3/c1-14-7-8-18(28)20-19(14)34-22(35-20)16-11-32-12-17(23(38)33-15(2)27(29,30)31)21(16)37-10-9-26(6,13-37)36-24(39)40-25(3,4)5/h7-8,11-12,15H,9-10,13H2,1-6H3,(H,33,38)(H,34,35)(H,36,39). The minimum atomic E-state index is -4.65. The van der Waals surface area contributed by atoms with E-state index in [-0.39, 0.29) is 29.1 Å². The molecule has 3 N–H and O–H groups in total. The lowest BCUT2D eigenvalue weighted by molar-refractivity contribution is -0.149. The van der Waals surface area contributed by atoms with Gasteiger partial charge in [-0.2, -0.15) is 13.2 Å². The Bertz CT molecular complexity index is 1410. The molecule has 1 aromatic carbocycles. The number of benzene rings is 1. The van der Waals surface area contributed by atoms with E-state index in [2.05, 4.69) is 20.3 Å². The number of carbonyl (C=O) groups is 2. The number of rotatable bonds is 5. The number of hydrogen-bond donors (Lipinski definition) is 3.